The Morgan fingerprint density at radius 3 is 2.69 bits per heavy atom. The first-order chi connectivity index (χ1) is 17.2. The van der Waals surface area contributed by atoms with E-state index in [0.717, 1.165) is 29.6 Å². The summed E-state index contributed by atoms with van der Waals surface area (Å²) < 4.78 is 11.0. The number of H-pyrrole nitrogens is 1. The van der Waals surface area contributed by atoms with E-state index in [0.29, 0.717) is 31.6 Å². The fourth-order valence-corrected chi connectivity index (χ4v) is 4.28. The summed E-state index contributed by atoms with van der Waals surface area (Å²) in [5, 5.41) is 18.8. The van der Waals surface area contributed by atoms with E-state index in [1.165, 1.54) is 0 Å². The van der Waals surface area contributed by atoms with Crippen LogP contribution in [0.4, 0.5) is 5.95 Å². The highest BCUT2D eigenvalue weighted by Crippen LogP contribution is 2.32. The van der Waals surface area contributed by atoms with Crippen LogP contribution >= 0.6 is 0 Å². The summed E-state index contributed by atoms with van der Waals surface area (Å²) in [6.07, 6.45) is 3.30. The second-order valence-corrected chi connectivity index (χ2v) is 10.1. The number of hydrogen-bond donors (Lipinski definition) is 2. The molecule has 0 spiro atoms. The Morgan fingerprint density at radius 1 is 1.25 bits per heavy atom. The van der Waals surface area contributed by atoms with Gasteiger partial charge < -0.3 is 19.5 Å². The number of Topliss-reactive ketones (excluding diaryl/α,β-unsaturated/α-hetero) is 1. The van der Waals surface area contributed by atoms with Crippen LogP contribution in [0.3, 0.4) is 0 Å². The molecule has 0 unspecified atom stereocenters. The maximum absolute atomic E-state index is 13.1. The zero-order valence-corrected chi connectivity index (χ0v) is 21.6. The van der Waals surface area contributed by atoms with Crippen LogP contribution in [-0.4, -0.2) is 79.5 Å². The van der Waals surface area contributed by atoms with E-state index >= 15 is 0 Å². The van der Waals surface area contributed by atoms with Crippen molar-refractivity contribution in [3.05, 3.63) is 29.8 Å². The first kappa shape index (κ1) is 25.9. The van der Waals surface area contributed by atoms with Crippen molar-refractivity contribution in [1.29, 1.82) is 0 Å². The van der Waals surface area contributed by atoms with Crippen LogP contribution < -0.4 is 9.64 Å². The summed E-state index contributed by atoms with van der Waals surface area (Å²) in [6.45, 7) is 8.82. The topological polar surface area (TPSA) is 139 Å². The molecular formula is C25H35N7O4. The smallest absolute Gasteiger partial charge is 0.322 e. The highest BCUT2D eigenvalue weighted by Gasteiger charge is 2.29. The zero-order valence-electron chi connectivity index (χ0n) is 21.6. The number of carbonyl (C=O) groups is 1. The number of ketones is 1. The third kappa shape index (κ3) is 5.96. The minimum Gasteiger partial charge on any atom is -0.458 e. The van der Waals surface area contributed by atoms with Gasteiger partial charge in [-0.15, -0.1) is 0 Å². The number of fused-ring (bicyclic) bond motifs is 1. The molecule has 3 aromatic rings. The van der Waals surface area contributed by atoms with E-state index in [4.69, 9.17) is 9.47 Å². The number of aliphatic hydroxyl groups is 1. The van der Waals surface area contributed by atoms with Crippen molar-refractivity contribution < 1.29 is 19.4 Å². The first-order valence-electron chi connectivity index (χ1n) is 12.4. The van der Waals surface area contributed by atoms with Gasteiger partial charge >= 0.3 is 6.01 Å². The third-order valence-electron chi connectivity index (χ3n) is 6.80. The summed E-state index contributed by atoms with van der Waals surface area (Å²) in [4.78, 5) is 32.8. The van der Waals surface area contributed by atoms with Crippen LogP contribution in [0.2, 0.25) is 0 Å². The number of pyridine rings is 1. The molecule has 0 saturated carbocycles. The van der Waals surface area contributed by atoms with Gasteiger partial charge in [0.05, 0.1) is 12.2 Å². The molecule has 1 aliphatic rings. The van der Waals surface area contributed by atoms with Crippen LogP contribution in [-0.2, 0) is 4.74 Å². The third-order valence-corrected chi connectivity index (χ3v) is 6.80. The predicted octanol–water partition coefficient (Wildman–Crippen LogP) is 2.92. The minimum atomic E-state index is -0.994. The number of ether oxygens (including phenoxy) is 2. The standard InChI is InChI=1S/C25H35N7O4/c1-15(25(3,4)34)13-19(33)22-27-23(29-24(28-22)36-16(2)14-35-5)32-11-8-17(9-12-32)20-18-7-6-10-26-21(18)31-30-20/h6-7,10,15-17,34H,8-9,11-14H2,1-5H3,(H,26,30,31)/t15-,16+/m0/s1. The van der Waals surface area contributed by atoms with Gasteiger partial charge in [0.15, 0.2) is 5.65 Å². The van der Waals surface area contributed by atoms with E-state index < -0.39 is 5.60 Å². The molecule has 4 rings (SSSR count). The lowest BCUT2D eigenvalue weighted by Crippen LogP contribution is -2.35. The van der Waals surface area contributed by atoms with E-state index in [1.807, 2.05) is 26.0 Å². The van der Waals surface area contributed by atoms with Crippen LogP contribution in [0.5, 0.6) is 6.01 Å². The lowest BCUT2D eigenvalue weighted by Gasteiger charge is -2.32. The molecule has 0 aliphatic carbocycles. The second-order valence-electron chi connectivity index (χ2n) is 10.1. The Balaban J connectivity index is 1.53. The van der Waals surface area contributed by atoms with Gasteiger partial charge in [-0.25, -0.2) is 4.98 Å². The summed E-state index contributed by atoms with van der Waals surface area (Å²) in [6, 6.07) is 4.05. The molecule has 1 fully saturated rings. The van der Waals surface area contributed by atoms with E-state index in [1.54, 1.807) is 27.2 Å². The average molecular weight is 498 g/mol. The largest absolute Gasteiger partial charge is 0.458 e. The molecule has 3 aromatic heterocycles. The van der Waals surface area contributed by atoms with Crippen molar-refractivity contribution in [3.63, 3.8) is 0 Å². The van der Waals surface area contributed by atoms with E-state index in [-0.39, 0.29) is 36.1 Å². The number of rotatable bonds is 10. The molecule has 0 aromatic carbocycles. The van der Waals surface area contributed by atoms with Crippen molar-refractivity contribution in [1.82, 2.24) is 30.1 Å². The van der Waals surface area contributed by atoms with Gasteiger partial charge in [-0.3, -0.25) is 9.89 Å². The Labute approximate surface area is 210 Å². The molecular weight excluding hydrogens is 462 g/mol. The Kier molecular flexibility index (Phi) is 7.79. The maximum atomic E-state index is 13.1. The van der Waals surface area contributed by atoms with Crippen molar-refractivity contribution >= 4 is 22.8 Å². The number of aromatic nitrogens is 6. The van der Waals surface area contributed by atoms with Crippen molar-refractivity contribution in [2.45, 2.75) is 64.6 Å². The van der Waals surface area contributed by atoms with Crippen LogP contribution in [0.25, 0.3) is 11.0 Å². The van der Waals surface area contributed by atoms with Crippen molar-refractivity contribution in [3.8, 4) is 6.01 Å². The summed E-state index contributed by atoms with van der Waals surface area (Å²) >= 11 is 0. The van der Waals surface area contributed by atoms with Crippen LogP contribution in [0.15, 0.2) is 18.3 Å². The molecule has 11 heteroatoms. The SMILES string of the molecule is COC[C@@H](C)Oc1nc(C(=O)C[C@H](C)C(C)(C)O)nc(N2CCC(c3[nH]nc4ncccc34)CC2)n1. The number of carbonyl (C=O) groups excluding carboxylic acids is 1. The fourth-order valence-electron chi connectivity index (χ4n) is 4.28. The van der Waals surface area contributed by atoms with Gasteiger partial charge in [0.1, 0.15) is 6.10 Å². The molecule has 2 atom stereocenters. The predicted molar refractivity (Wildman–Crippen MR) is 134 cm³/mol. The quantitative estimate of drug-likeness (QED) is 0.402. The maximum Gasteiger partial charge on any atom is 0.322 e. The molecule has 11 nitrogen and oxygen atoms in total. The van der Waals surface area contributed by atoms with Gasteiger partial charge in [-0.1, -0.05) is 6.92 Å². The molecule has 194 valence electrons. The van der Waals surface area contributed by atoms with Gasteiger partial charge in [-0.2, -0.15) is 20.1 Å². The molecule has 36 heavy (non-hydrogen) atoms. The molecule has 0 radical (unpaired) electrons. The normalized spacial score (nSPS) is 16.8. The van der Waals surface area contributed by atoms with Gasteiger partial charge in [-0.05, 0) is 51.7 Å². The molecule has 0 bridgehead atoms. The average Bonchev–Trinajstić information content (AvgIpc) is 3.27. The lowest BCUT2D eigenvalue weighted by molar-refractivity contribution is 0.0211. The Morgan fingerprint density at radius 2 is 2.00 bits per heavy atom. The minimum absolute atomic E-state index is 0.0449. The lowest BCUT2D eigenvalue weighted by atomic mass is 9.88. The molecule has 2 N–H and O–H groups in total. The number of aromatic amines is 1. The van der Waals surface area contributed by atoms with E-state index in [9.17, 15) is 9.90 Å². The first-order valence-corrected chi connectivity index (χ1v) is 12.4. The fraction of sp³-hybridized carbons (Fsp3) is 0.600. The number of nitrogens with zero attached hydrogens (tertiary/aromatic N) is 6. The number of hydrogen-bond acceptors (Lipinski definition) is 10. The second kappa shape index (κ2) is 10.8. The summed E-state index contributed by atoms with van der Waals surface area (Å²) in [7, 11) is 1.59. The zero-order chi connectivity index (χ0) is 25.9. The summed E-state index contributed by atoms with van der Waals surface area (Å²) in [5.41, 5.74) is 0.830. The summed E-state index contributed by atoms with van der Waals surface area (Å²) in [5.74, 6) is 0.241. The monoisotopic (exact) mass is 497 g/mol. The Bertz CT molecular complexity index is 1180. The van der Waals surface area contributed by atoms with E-state index in [2.05, 4.69) is 35.0 Å². The number of methoxy groups -OCH3 is 1. The van der Waals surface area contributed by atoms with Gasteiger partial charge in [0.25, 0.3) is 0 Å². The van der Waals surface area contributed by atoms with Crippen molar-refractivity contribution in [2.24, 2.45) is 5.92 Å². The number of anilines is 1. The highest BCUT2D eigenvalue weighted by molar-refractivity contribution is 5.93. The Hall–Kier alpha value is -3.18. The van der Waals surface area contributed by atoms with Crippen molar-refractivity contribution in [2.75, 3.05) is 31.7 Å². The van der Waals surface area contributed by atoms with Crippen LogP contribution in [0.1, 0.15) is 69.2 Å². The number of piperidine rings is 1. The number of nitrogens with one attached hydrogen (secondary N) is 1. The highest BCUT2D eigenvalue weighted by atomic mass is 16.5. The van der Waals surface area contributed by atoms with Gasteiger partial charge in [0, 0.05) is 49.8 Å². The van der Waals surface area contributed by atoms with Gasteiger partial charge in [0.2, 0.25) is 17.6 Å². The molecule has 0 amide bonds. The molecule has 1 aliphatic heterocycles. The molecule has 4 heterocycles. The molecule has 1 saturated heterocycles. The van der Waals surface area contributed by atoms with Crippen LogP contribution in [0, 0.1) is 5.92 Å².